The predicted molar refractivity (Wildman–Crippen MR) is 44.6 cm³/mol. The van der Waals surface area contributed by atoms with E-state index in [1.807, 2.05) is 13.8 Å². The summed E-state index contributed by atoms with van der Waals surface area (Å²) in [5, 5.41) is 2.67. The fourth-order valence-corrected chi connectivity index (χ4v) is 1.21. The van der Waals surface area contributed by atoms with E-state index in [0.29, 0.717) is 13.1 Å². The molecule has 0 saturated carbocycles. The first kappa shape index (κ1) is 9.03. The van der Waals surface area contributed by atoms with Gasteiger partial charge in [-0.05, 0) is 20.8 Å². The highest BCUT2D eigenvalue weighted by molar-refractivity contribution is 5.99. The Bertz CT molecular complexity index is 223. The topological polar surface area (TPSA) is 49.4 Å². The van der Waals surface area contributed by atoms with Gasteiger partial charge in [0, 0.05) is 13.1 Å². The number of nitrogens with zero attached hydrogens (tertiary/aromatic N) is 1. The van der Waals surface area contributed by atoms with Gasteiger partial charge in [-0.1, -0.05) is 0 Å². The van der Waals surface area contributed by atoms with Gasteiger partial charge in [-0.15, -0.1) is 0 Å². The second-order valence-electron chi connectivity index (χ2n) is 3.59. The number of imide groups is 1. The molecule has 1 heterocycles. The van der Waals surface area contributed by atoms with Crippen molar-refractivity contribution in [3.63, 3.8) is 0 Å². The maximum atomic E-state index is 11.6. The van der Waals surface area contributed by atoms with Crippen LogP contribution >= 0.6 is 0 Å². The molecule has 0 aromatic rings. The van der Waals surface area contributed by atoms with Crippen LogP contribution in [0.2, 0.25) is 0 Å². The number of nitrogens with one attached hydrogen (secondary N) is 1. The van der Waals surface area contributed by atoms with Crippen LogP contribution in [0.3, 0.4) is 0 Å². The summed E-state index contributed by atoms with van der Waals surface area (Å²) in [5.41, 5.74) is -0.454. The summed E-state index contributed by atoms with van der Waals surface area (Å²) in [6.45, 7) is 6.32. The minimum Gasteiger partial charge on any atom is -0.337 e. The monoisotopic (exact) mass is 170 g/mol. The molecule has 0 radical (unpaired) electrons. The first-order valence-corrected chi connectivity index (χ1v) is 4.09. The van der Waals surface area contributed by atoms with Crippen LogP contribution in [0.1, 0.15) is 20.8 Å². The zero-order valence-corrected chi connectivity index (χ0v) is 7.68. The Kier molecular flexibility index (Phi) is 2.08. The molecule has 0 spiro atoms. The fourth-order valence-electron chi connectivity index (χ4n) is 1.21. The van der Waals surface area contributed by atoms with Gasteiger partial charge < -0.3 is 5.32 Å². The number of hydrogen-bond donors (Lipinski definition) is 1. The third-order valence-corrected chi connectivity index (χ3v) is 2.07. The highest BCUT2D eigenvalue weighted by atomic mass is 16.2. The summed E-state index contributed by atoms with van der Waals surface area (Å²) in [5.74, 6) is -0.0891. The lowest BCUT2D eigenvalue weighted by Crippen LogP contribution is -2.58. The Morgan fingerprint density at radius 1 is 1.50 bits per heavy atom. The molecule has 3 amide bonds. The van der Waals surface area contributed by atoms with Crippen molar-refractivity contribution in [2.75, 3.05) is 13.1 Å². The van der Waals surface area contributed by atoms with Gasteiger partial charge in [0.1, 0.15) is 0 Å². The largest absolute Gasteiger partial charge is 0.337 e. The zero-order chi connectivity index (χ0) is 9.35. The quantitative estimate of drug-likeness (QED) is 0.626. The van der Waals surface area contributed by atoms with E-state index in [2.05, 4.69) is 5.32 Å². The van der Waals surface area contributed by atoms with Gasteiger partial charge in [0.2, 0.25) is 5.91 Å². The lowest BCUT2D eigenvalue weighted by molar-refractivity contribution is -0.138. The van der Waals surface area contributed by atoms with Crippen molar-refractivity contribution in [2.45, 2.75) is 20.8 Å². The molecular weight excluding hydrogens is 156 g/mol. The van der Waals surface area contributed by atoms with E-state index in [1.165, 1.54) is 4.90 Å². The number of amides is 3. The molecule has 1 aliphatic heterocycles. The van der Waals surface area contributed by atoms with Gasteiger partial charge in [-0.2, -0.15) is 0 Å². The summed E-state index contributed by atoms with van der Waals surface area (Å²) in [6.07, 6.45) is 0. The Hall–Kier alpha value is -1.06. The highest BCUT2D eigenvalue weighted by Gasteiger charge is 2.38. The molecule has 1 fully saturated rings. The Morgan fingerprint density at radius 2 is 2.08 bits per heavy atom. The third-order valence-electron chi connectivity index (χ3n) is 2.07. The van der Waals surface area contributed by atoms with Gasteiger partial charge in [0.05, 0.1) is 5.41 Å². The SMILES string of the molecule is CCN1C(=O)NCC(C)(C)C1=O. The minimum absolute atomic E-state index is 0.0891. The molecular formula is C8H14N2O2. The average Bonchev–Trinajstić information content (AvgIpc) is 2.00. The molecule has 0 aromatic carbocycles. The molecule has 1 N–H and O–H groups in total. The van der Waals surface area contributed by atoms with E-state index in [0.717, 1.165) is 0 Å². The Balaban J connectivity index is 2.85. The Labute approximate surface area is 71.9 Å². The second-order valence-corrected chi connectivity index (χ2v) is 3.59. The van der Waals surface area contributed by atoms with E-state index in [9.17, 15) is 9.59 Å². The van der Waals surface area contributed by atoms with Gasteiger partial charge in [-0.25, -0.2) is 4.79 Å². The smallest absolute Gasteiger partial charge is 0.324 e. The summed E-state index contributed by atoms with van der Waals surface area (Å²) in [7, 11) is 0. The standard InChI is InChI=1S/C8H14N2O2/c1-4-10-6(11)8(2,3)5-9-7(10)12/h4-5H2,1-3H3,(H,9,12). The molecule has 4 nitrogen and oxygen atoms in total. The molecule has 0 aromatic heterocycles. The molecule has 0 aliphatic carbocycles. The van der Waals surface area contributed by atoms with E-state index >= 15 is 0 Å². The van der Waals surface area contributed by atoms with Crippen molar-refractivity contribution in [1.29, 1.82) is 0 Å². The van der Waals surface area contributed by atoms with Crippen LogP contribution < -0.4 is 5.32 Å². The second kappa shape index (κ2) is 2.77. The van der Waals surface area contributed by atoms with E-state index < -0.39 is 5.41 Å². The van der Waals surface area contributed by atoms with Crippen LogP contribution in [-0.4, -0.2) is 29.9 Å². The van der Waals surface area contributed by atoms with Crippen molar-refractivity contribution in [3.05, 3.63) is 0 Å². The molecule has 0 atom stereocenters. The number of carbonyl (C=O) groups excluding carboxylic acids is 2. The van der Waals surface area contributed by atoms with E-state index in [4.69, 9.17) is 0 Å². The number of urea groups is 1. The summed E-state index contributed by atoms with van der Waals surface area (Å²) >= 11 is 0. The molecule has 1 rings (SSSR count). The molecule has 0 bridgehead atoms. The normalized spacial score (nSPS) is 22.4. The third kappa shape index (κ3) is 1.29. The van der Waals surface area contributed by atoms with Crippen molar-refractivity contribution in [1.82, 2.24) is 10.2 Å². The zero-order valence-electron chi connectivity index (χ0n) is 7.68. The fraction of sp³-hybridized carbons (Fsp3) is 0.750. The molecule has 1 saturated heterocycles. The average molecular weight is 170 g/mol. The van der Waals surface area contributed by atoms with Crippen molar-refractivity contribution in [3.8, 4) is 0 Å². The summed E-state index contributed by atoms with van der Waals surface area (Å²) in [4.78, 5) is 23.9. The minimum atomic E-state index is -0.454. The lowest BCUT2D eigenvalue weighted by Gasteiger charge is -2.35. The lowest BCUT2D eigenvalue weighted by atomic mass is 9.90. The first-order chi connectivity index (χ1) is 5.49. The number of rotatable bonds is 1. The number of hydrogen-bond acceptors (Lipinski definition) is 2. The van der Waals surface area contributed by atoms with Crippen LogP contribution in [-0.2, 0) is 4.79 Å². The summed E-state index contributed by atoms with van der Waals surface area (Å²) < 4.78 is 0. The van der Waals surface area contributed by atoms with Crippen LogP contribution in [0, 0.1) is 5.41 Å². The Morgan fingerprint density at radius 3 is 2.50 bits per heavy atom. The first-order valence-electron chi connectivity index (χ1n) is 4.09. The maximum Gasteiger partial charge on any atom is 0.324 e. The molecule has 0 unspecified atom stereocenters. The summed E-state index contributed by atoms with van der Waals surface area (Å²) in [6, 6.07) is -0.276. The van der Waals surface area contributed by atoms with Crippen LogP contribution in [0.25, 0.3) is 0 Å². The van der Waals surface area contributed by atoms with Crippen molar-refractivity contribution in [2.24, 2.45) is 5.41 Å². The molecule has 12 heavy (non-hydrogen) atoms. The van der Waals surface area contributed by atoms with Crippen molar-refractivity contribution >= 4 is 11.9 Å². The van der Waals surface area contributed by atoms with E-state index in [1.54, 1.807) is 6.92 Å². The van der Waals surface area contributed by atoms with Gasteiger partial charge in [0.15, 0.2) is 0 Å². The van der Waals surface area contributed by atoms with E-state index in [-0.39, 0.29) is 11.9 Å². The molecule has 4 heteroatoms. The van der Waals surface area contributed by atoms with Crippen LogP contribution in [0.4, 0.5) is 4.79 Å². The van der Waals surface area contributed by atoms with Gasteiger partial charge >= 0.3 is 6.03 Å². The highest BCUT2D eigenvalue weighted by Crippen LogP contribution is 2.21. The predicted octanol–water partition coefficient (Wildman–Crippen LogP) is 0.584. The maximum absolute atomic E-state index is 11.6. The number of carbonyl (C=O) groups is 2. The van der Waals surface area contributed by atoms with Gasteiger partial charge in [0.25, 0.3) is 0 Å². The van der Waals surface area contributed by atoms with Crippen LogP contribution in [0.5, 0.6) is 0 Å². The van der Waals surface area contributed by atoms with Crippen LogP contribution in [0.15, 0.2) is 0 Å². The molecule has 68 valence electrons. The molecule has 1 aliphatic rings. The van der Waals surface area contributed by atoms with Crippen molar-refractivity contribution < 1.29 is 9.59 Å². The van der Waals surface area contributed by atoms with Gasteiger partial charge in [-0.3, -0.25) is 9.69 Å².